The van der Waals surface area contributed by atoms with E-state index in [1.807, 2.05) is 0 Å². The van der Waals surface area contributed by atoms with Crippen LogP contribution in [0.3, 0.4) is 0 Å². The van der Waals surface area contributed by atoms with Crippen molar-refractivity contribution in [1.82, 2.24) is 15.3 Å². The maximum Gasteiger partial charge on any atom is 0.263 e. The Kier molecular flexibility index (Phi) is 7.46. The van der Waals surface area contributed by atoms with Crippen molar-refractivity contribution in [3.63, 3.8) is 0 Å². The maximum absolute atomic E-state index is 12.6. The Bertz CT molecular complexity index is 1270. The van der Waals surface area contributed by atoms with E-state index >= 15 is 0 Å². The van der Waals surface area contributed by atoms with Gasteiger partial charge >= 0.3 is 0 Å². The van der Waals surface area contributed by atoms with Crippen LogP contribution in [0.25, 0.3) is 0 Å². The van der Waals surface area contributed by atoms with E-state index < -0.39 is 15.9 Å². The number of nitrogens with zero attached hydrogens (tertiary/aromatic N) is 2. The minimum absolute atomic E-state index is 0.00262. The Morgan fingerprint density at radius 3 is 2.44 bits per heavy atom. The highest BCUT2D eigenvalue weighted by molar-refractivity contribution is 7.92. The summed E-state index contributed by atoms with van der Waals surface area (Å²) < 4.78 is 32.4. The van der Waals surface area contributed by atoms with E-state index in [9.17, 15) is 13.2 Å². The third-order valence-corrected chi connectivity index (χ3v) is 6.04. The van der Waals surface area contributed by atoms with Crippen molar-refractivity contribution < 1.29 is 17.9 Å². The second-order valence-corrected chi connectivity index (χ2v) is 9.04. The molecular weight excluding hydrogens is 497 g/mol. The second-order valence-electron chi connectivity index (χ2n) is 6.11. The van der Waals surface area contributed by atoms with Gasteiger partial charge in [0.15, 0.2) is 5.11 Å². The number of rotatable bonds is 6. The molecule has 0 aliphatic rings. The van der Waals surface area contributed by atoms with Crippen molar-refractivity contribution in [3.05, 3.63) is 70.5 Å². The number of amides is 1. The summed E-state index contributed by atoms with van der Waals surface area (Å²) in [6, 6.07) is 11.5. The third kappa shape index (κ3) is 6.04. The smallest absolute Gasteiger partial charge is 0.263 e. The first kappa shape index (κ1) is 23.7. The number of halogens is 2. The van der Waals surface area contributed by atoms with Gasteiger partial charge in [-0.3, -0.25) is 14.8 Å². The molecule has 1 aromatic heterocycles. The van der Waals surface area contributed by atoms with Crippen molar-refractivity contribution in [2.75, 3.05) is 17.1 Å². The predicted octanol–water partition coefficient (Wildman–Crippen LogP) is 3.72. The molecule has 1 amide bonds. The molecule has 3 aromatic rings. The standard InChI is InChI=1S/C19H15Cl2N5O4S2/c1-30-17-9-16(22-10-23-17)26-32(28,29)13-5-3-12(4-6-13)24-19(31)25-18(27)14-7-2-11(20)8-15(14)21/h2-10H,1H3,(H,22,23,26)(H2,24,25,27,31). The Labute approximate surface area is 199 Å². The van der Waals surface area contributed by atoms with Crippen LogP contribution in [0.5, 0.6) is 5.88 Å². The fourth-order valence-corrected chi connectivity index (χ4v) is 4.13. The van der Waals surface area contributed by atoms with Gasteiger partial charge in [0.25, 0.3) is 15.9 Å². The number of thiocarbonyl (C=S) groups is 1. The Hall–Kier alpha value is -2.99. The summed E-state index contributed by atoms with van der Waals surface area (Å²) in [7, 11) is -2.49. The van der Waals surface area contributed by atoms with Crippen LogP contribution < -0.4 is 20.1 Å². The van der Waals surface area contributed by atoms with Crippen LogP contribution in [0.4, 0.5) is 11.5 Å². The molecule has 0 spiro atoms. The summed E-state index contributed by atoms with van der Waals surface area (Å²) in [5, 5.41) is 5.87. The third-order valence-electron chi connectivity index (χ3n) is 3.92. The number of benzene rings is 2. The molecular formula is C19H15Cl2N5O4S2. The van der Waals surface area contributed by atoms with Crippen LogP contribution in [0.15, 0.2) is 59.8 Å². The zero-order valence-corrected chi connectivity index (χ0v) is 19.4. The summed E-state index contributed by atoms with van der Waals surface area (Å²) in [5.41, 5.74) is 0.661. The molecule has 9 nitrogen and oxygen atoms in total. The number of aromatic nitrogens is 2. The van der Waals surface area contributed by atoms with Gasteiger partial charge in [-0.25, -0.2) is 18.4 Å². The molecule has 3 rings (SSSR count). The molecule has 0 atom stereocenters. The molecule has 0 fully saturated rings. The van der Waals surface area contributed by atoms with Crippen molar-refractivity contribution in [3.8, 4) is 5.88 Å². The lowest BCUT2D eigenvalue weighted by atomic mass is 10.2. The Morgan fingerprint density at radius 2 is 1.78 bits per heavy atom. The zero-order chi connectivity index (χ0) is 23.3. The van der Waals surface area contributed by atoms with Crippen LogP contribution >= 0.6 is 35.4 Å². The Balaban J connectivity index is 1.64. The molecule has 13 heteroatoms. The molecule has 1 heterocycles. The minimum Gasteiger partial charge on any atom is -0.481 e. The number of anilines is 2. The highest BCUT2D eigenvalue weighted by Gasteiger charge is 2.16. The number of carbonyl (C=O) groups excluding carboxylic acids is 1. The number of sulfonamides is 1. The van der Waals surface area contributed by atoms with Gasteiger partial charge in [-0.2, -0.15) is 0 Å². The minimum atomic E-state index is -3.90. The van der Waals surface area contributed by atoms with Crippen molar-refractivity contribution in [2.24, 2.45) is 0 Å². The first-order valence-electron chi connectivity index (χ1n) is 8.74. The molecule has 0 saturated carbocycles. The van der Waals surface area contributed by atoms with E-state index in [0.29, 0.717) is 10.7 Å². The molecule has 32 heavy (non-hydrogen) atoms. The van der Waals surface area contributed by atoms with Crippen molar-refractivity contribution in [2.45, 2.75) is 4.90 Å². The molecule has 0 unspecified atom stereocenters. The molecule has 3 N–H and O–H groups in total. The van der Waals surface area contributed by atoms with Gasteiger partial charge in [-0.15, -0.1) is 0 Å². The van der Waals surface area contributed by atoms with Crippen LogP contribution in [-0.4, -0.2) is 36.5 Å². The highest BCUT2D eigenvalue weighted by Crippen LogP contribution is 2.21. The number of ether oxygens (including phenoxy) is 1. The van der Waals surface area contributed by atoms with Gasteiger partial charge in [0.05, 0.1) is 22.6 Å². The molecule has 0 aliphatic heterocycles. The van der Waals surface area contributed by atoms with E-state index in [2.05, 4.69) is 25.3 Å². The SMILES string of the molecule is COc1cc(NS(=O)(=O)c2ccc(NC(=S)NC(=O)c3ccc(Cl)cc3Cl)cc2)ncn1. The van der Waals surface area contributed by atoms with E-state index in [1.54, 1.807) is 0 Å². The number of hydrogen-bond donors (Lipinski definition) is 3. The molecule has 0 radical (unpaired) electrons. The fourth-order valence-electron chi connectivity index (χ4n) is 2.43. The zero-order valence-electron chi connectivity index (χ0n) is 16.3. The van der Waals surface area contributed by atoms with Crippen LogP contribution in [0.2, 0.25) is 10.0 Å². The first-order chi connectivity index (χ1) is 15.2. The van der Waals surface area contributed by atoms with Crippen LogP contribution in [0.1, 0.15) is 10.4 Å². The van der Waals surface area contributed by atoms with Gasteiger partial charge in [0.1, 0.15) is 12.1 Å². The molecule has 166 valence electrons. The summed E-state index contributed by atoms with van der Waals surface area (Å²) in [4.78, 5) is 20.0. The number of nitrogens with one attached hydrogen (secondary N) is 3. The van der Waals surface area contributed by atoms with E-state index in [1.165, 1.54) is 62.0 Å². The van der Waals surface area contributed by atoms with Crippen molar-refractivity contribution >= 4 is 68.0 Å². The van der Waals surface area contributed by atoms with Crippen molar-refractivity contribution in [1.29, 1.82) is 0 Å². The second kappa shape index (κ2) is 10.1. The van der Waals surface area contributed by atoms with Crippen LogP contribution in [0, 0.1) is 0 Å². The lowest BCUT2D eigenvalue weighted by molar-refractivity contribution is 0.0978. The van der Waals surface area contributed by atoms with Gasteiger partial charge in [0.2, 0.25) is 5.88 Å². The lowest BCUT2D eigenvalue weighted by Crippen LogP contribution is -2.34. The number of hydrogen-bond acceptors (Lipinski definition) is 7. The highest BCUT2D eigenvalue weighted by atomic mass is 35.5. The lowest BCUT2D eigenvalue weighted by Gasteiger charge is -2.12. The molecule has 0 aliphatic carbocycles. The Morgan fingerprint density at radius 1 is 1.06 bits per heavy atom. The number of carbonyl (C=O) groups is 1. The predicted molar refractivity (Wildman–Crippen MR) is 126 cm³/mol. The summed E-state index contributed by atoms with van der Waals surface area (Å²) in [6.07, 6.45) is 1.18. The quantitative estimate of drug-likeness (QED) is 0.428. The number of methoxy groups -OCH3 is 1. The topological polar surface area (TPSA) is 122 Å². The van der Waals surface area contributed by atoms with Gasteiger partial charge in [-0.05, 0) is 54.7 Å². The van der Waals surface area contributed by atoms with Gasteiger partial charge in [0, 0.05) is 16.8 Å². The summed E-state index contributed by atoms with van der Waals surface area (Å²) >= 11 is 17.0. The van der Waals surface area contributed by atoms with E-state index in [-0.39, 0.29) is 32.3 Å². The van der Waals surface area contributed by atoms with E-state index in [0.717, 1.165) is 0 Å². The monoisotopic (exact) mass is 511 g/mol. The molecule has 0 saturated heterocycles. The van der Waals surface area contributed by atoms with E-state index in [4.69, 9.17) is 40.2 Å². The van der Waals surface area contributed by atoms with Gasteiger partial charge in [-0.1, -0.05) is 23.2 Å². The summed E-state index contributed by atoms with van der Waals surface area (Å²) in [6.45, 7) is 0. The first-order valence-corrected chi connectivity index (χ1v) is 11.4. The molecule has 2 aromatic carbocycles. The maximum atomic E-state index is 12.6. The fraction of sp³-hybridized carbons (Fsp3) is 0.0526. The largest absolute Gasteiger partial charge is 0.481 e. The molecule has 0 bridgehead atoms. The van der Waals surface area contributed by atoms with Crippen LogP contribution in [-0.2, 0) is 10.0 Å². The van der Waals surface area contributed by atoms with Gasteiger partial charge < -0.3 is 10.1 Å². The average Bonchev–Trinajstić information content (AvgIpc) is 2.73. The normalized spacial score (nSPS) is 10.8. The summed E-state index contributed by atoms with van der Waals surface area (Å²) in [5.74, 6) is -0.246. The average molecular weight is 512 g/mol.